The Balaban J connectivity index is 1.61. The van der Waals surface area contributed by atoms with E-state index in [1.807, 2.05) is 11.8 Å². The minimum absolute atomic E-state index is 0.0228. The van der Waals surface area contributed by atoms with Crippen LogP contribution >= 0.6 is 11.6 Å². The standard InChI is InChI=1S/C28H31ClF2N4O3/c1-2-23(37)34-11-13-35(14-12-34)28-19-17-20(29)24(26(31)27(19)32-18-33-28)25-21(30)9-8-10-22(25)38-16-7-5-3-4-6-15-36/h8-10,15,17-18H,2-7,11-14,16H2,1H3. The number of carbonyl (C=O) groups excluding carboxylic acids is 2. The zero-order chi connectivity index (χ0) is 27.1. The fraction of sp³-hybridized carbons (Fsp3) is 0.429. The molecular formula is C28H31ClF2N4O3. The summed E-state index contributed by atoms with van der Waals surface area (Å²) < 4.78 is 37.0. The van der Waals surface area contributed by atoms with E-state index in [-0.39, 0.29) is 33.3 Å². The molecule has 0 atom stereocenters. The number of aldehydes is 1. The van der Waals surface area contributed by atoms with Crippen LogP contribution in [-0.2, 0) is 9.59 Å². The summed E-state index contributed by atoms with van der Waals surface area (Å²) in [5.41, 5.74) is -0.128. The molecule has 1 aromatic heterocycles. The van der Waals surface area contributed by atoms with Crippen molar-refractivity contribution in [2.24, 2.45) is 0 Å². The number of nitrogens with zero attached hydrogens (tertiary/aromatic N) is 4. The number of unbranched alkanes of at least 4 members (excludes halogenated alkanes) is 4. The first kappa shape index (κ1) is 27.7. The zero-order valence-corrected chi connectivity index (χ0v) is 22.1. The van der Waals surface area contributed by atoms with Crippen LogP contribution in [0.25, 0.3) is 22.0 Å². The average molecular weight is 545 g/mol. The molecule has 2 aromatic carbocycles. The maximum absolute atomic E-state index is 16.0. The van der Waals surface area contributed by atoms with Crippen molar-refractivity contribution in [2.75, 3.05) is 37.7 Å². The van der Waals surface area contributed by atoms with Crippen molar-refractivity contribution >= 4 is 40.5 Å². The summed E-state index contributed by atoms with van der Waals surface area (Å²) in [5, 5.41) is 0.442. The van der Waals surface area contributed by atoms with Gasteiger partial charge in [0.15, 0.2) is 5.82 Å². The van der Waals surface area contributed by atoms with E-state index in [4.69, 9.17) is 16.3 Å². The predicted octanol–water partition coefficient (Wildman–Crippen LogP) is 5.82. The number of hydrogen-bond acceptors (Lipinski definition) is 6. The second kappa shape index (κ2) is 13.0. The molecule has 0 unspecified atom stereocenters. The number of aromatic nitrogens is 2. The number of hydrogen-bond donors (Lipinski definition) is 0. The van der Waals surface area contributed by atoms with E-state index < -0.39 is 11.6 Å². The predicted molar refractivity (Wildman–Crippen MR) is 144 cm³/mol. The van der Waals surface area contributed by atoms with Gasteiger partial charge >= 0.3 is 0 Å². The first-order chi connectivity index (χ1) is 18.5. The number of fused-ring (bicyclic) bond motifs is 1. The lowest BCUT2D eigenvalue weighted by Gasteiger charge is -2.35. The Morgan fingerprint density at radius 1 is 1.08 bits per heavy atom. The van der Waals surface area contributed by atoms with Crippen LogP contribution in [-0.4, -0.2) is 59.8 Å². The molecule has 1 fully saturated rings. The first-order valence-electron chi connectivity index (χ1n) is 13.0. The SMILES string of the molecule is CCC(=O)N1CCN(c2ncnc3c(F)c(-c4c(F)cccc4OCCCCCCC=O)c(Cl)cc23)CC1. The molecule has 0 aliphatic carbocycles. The van der Waals surface area contributed by atoms with Crippen LogP contribution in [0.5, 0.6) is 5.75 Å². The van der Waals surface area contributed by atoms with Gasteiger partial charge < -0.3 is 19.3 Å². The summed E-state index contributed by atoms with van der Waals surface area (Å²) in [5.74, 6) is -0.592. The minimum Gasteiger partial charge on any atom is -0.493 e. The van der Waals surface area contributed by atoms with Crippen LogP contribution in [0.1, 0.15) is 45.4 Å². The minimum atomic E-state index is -0.750. The Bertz CT molecular complexity index is 1300. The Morgan fingerprint density at radius 2 is 1.84 bits per heavy atom. The molecule has 3 aromatic rings. The van der Waals surface area contributed by atoms with Crippen molar-refractivity contribution in [3.05, 3.63) is 47.2 Å². The summed E-state index contributed by atoms with van der Waals surface area (Å²) in [6.07, 6.45) is 6.48. The smallest absolute Gasteiger partial charge is 0.222 e. The van der Waals surface area contributed by atoms with Gasteiger partial charge in [-0.3, -0.25) is 4.79 Å². The van der Waals surface area contributed by atoms with Gasteiger partial charge in [-0.2, -0.15) is 0 Å². The highest BCUT2D eigenvalue weighted by molar-refractivity contribution is 6.34. The molecule has 2 heterocycles. The Morgan fingerprint density at radius 3 is 2.58 bits per heavy atom. The third-order valence-corrected chi connectivity index (χ3v) is 7.03. The number of ether oxygens (including phenoxy) is 1. The van der Waals surface area contributed by atoms with Crippen LogP contribution in [0, 0.1) is 11.6 Å². The van der Waals surface area contributed by atoms with Crippen LogP contribution < -0.4 is 9.64 Å². The molecule has 0 radical (unpaired) electrons. The fourth-order valence-corrected chi connectivity index (χ4v) is 5.01. The highest BCUT2D eigenvalue weighted by atomic mass is 35.5. The molecule has 38 heavy (non-hydrogen) atoms. The highest BCUT2D eigenvalue weighted by Gasteiger charge is 2.26. The first-order valence-corrected chi connectivity index (χ1v) is 13.3. The Labute approximate surface area is 225 Å². The number of benzene rings is 2. The summed E-state index contributed by atoms with van der Waals surface area (Å²) in [7, 11) is 0. The van der Waals surface area contributed by atoms with Gasteiger partial charge in [0.05, 0.1) is 17.2 Å². The van der Waals surface area contributed by atoms with E-state index in [0.717, 1.165) is 32.0 Å². The highest BCUT2D eigenvalue weighted by Crippen LogP contribution is 2.42. The van der Waals surface area contributed by atoms with Crippen molar-refractivity contribution in [2.45, 2.75) is 45.4 Å². The molecular weight excluding hydrogens is 514 g/mol. The molecule has 1 aliphatic rings. The molecule has 0 bridgehead atoms. The van der Waals surface area contributed by atoms with Crippen molar-refractivity contribution in [3.8, 4) is 16.9 Å². The van der Waals surface area contributed by atoms with Crippen LogP contribution in [0.3, 0.4) is 0 Å². The van der Waals surface area contributed by atoms with Gasteiger partial charge in [0.1, 0.15) is 35.5 Å². The molecule has 0 N–H and O–H groups in total. The topological polar surface area (TPSA) is 75.6 Å². The lowest BCUT2D eigenvalue weighted by molar-refractivity contribution is -0.131. The van der Waals surface area contributed by atoms with Gasteiger partial charge in [0.2, 0.25) is 5.91 Å². The lowest BCUT2D eigenvalue weighted by atomic mass is 10.0. The van der Waals surface area contributed by atoms with Gasteiger partial charge in [0.25, 0.3) is 0 Å². The van der Waals surface area contributed by atoms with Crippen molar-refractivity contribution < 1.29 is 23.1 Å². The second-order valence-corrected chi connectivity index (χ2v) is 9.60. The van der Waals surface area contributed by atoms with E-state index in [1.165, 1.54) is 18.5 Å². The summed E-state index contributed by atoms with van der Waals surface area (Å²) in [4.78, 5) is 34.8. The maximum atomic E-state index is 16.0. The lowest BCUT2D eigenvalue weighted by Crippen LogP contribution is -2.48. The molecule has 7 nitrogen and oxygen atoms in total. The summed E-state index contributed by atoms with van der Waals surface area (Å²) >= 11 is 6.60. The molecule has 10 heteroatoms. The molecule has 1 amide bonds. The summed E-state index contributed by atoms with van der Waals surface area (Å²) in [6.45, 7) is 4.32. The third kappa shape index (κ3) is 6.04. The van der Waals surface area contributed by atoms with Crippen molar-refractivity contribution in [1.82, 2.24) is 14.9 Å². The van der Waals surface area contributed by atoms with Gasteiger partial charge in [-0.25, -0.2) is 18.7 Å². The number of piperazine rings is 1. The normalized spacial score (nSPS) is 13.7. The average Bonchev–Trinajstić information content (AvgIpc) is 2.93. The van der Waals surface area contributed by atoms with Gasteiger partial charge in [-0.05, 0) is 31.0 Å². The Hall–Kier alpha value is -3.33. The van der Waals surface area contributed by atoms with Gasteiger partial charge in [-0.1, -0.05) is 37.4 Å². The van der Waals surface area contributed by atoms with E-state index in [1.54, 1.807) is 17.0 Å². The molecule has 0 spiro atoms. The van der Waals surface area contributed by atoms with E-state index in [0.29, 0.717) is 56.8 Å². The molecule has 202 valence electrons. The largest absolute Gasteiger partial charge is 0.493 e. The zero-order valence-electron chi connectivity index (χ0n) is 21.4. The van der Waals surface area contributed by atoms with Crippen molar-refractivity contribution in [1.29, 1.82) is 0 Å². The van der Waals surface area contributed by atoms with E-state index >= 15 is 8.78 Å². The van der Waals surface area contributed by atoms with Crippen LogP contribution in [0.15, 0.2) is 30.6 Å². The number of halogens is 3. The van der Waals surface area contributed by atoms with E-state index in [9.17, 15) is 9.59 Å². The summed E-state index contributed by atoms with van der Waals surface area (Å²) in [6, 6.07) is 5.91. The van der Waals surface area contributed by atoms with Gasteiger partial charge in [0, 0.05) is 50.0 Å². The molecule has 4 rings (SSSR count). The Kier molecular flexibility index (Phi) is 9.44. The van der Waals surface area contributed by atoms with Crippen LogP contribution in [0.4, 0.5) is 14.6 Å². The number of anilines is 1. The monoisotopic (exact) mass is 544 g/mol. The number of carbonyl (C=O) groups is 2. The van der Waals surface area contributed by atoms with Crippen LogP contribution in [0.2, 0.25) is 5.02 Å². The maximum Gasteiger partial charge on any atom is 0.222 e. The van der Waals surface area contributed by atoms with E-state index in [2.05, 4.69) is 9.97 Å². The molecule has 1 saturated heterocycles. The van der Waals surface area contributed by atoms with Crippen molar-refractivity contribution in [3.63, 3.8) is 0 Å². The molecule has 0 saturated carbocycles. The molecule has 1 aliphatic heterocycles. The number of rotatable bonds is 11. The third-order valence-electron chi connectivity index (χ3n) is 6.73. The fourth-order valence-electron chi connectivity index (χ4n) is 4.72. The second-order valence-electron chi connectivity index (χ2n) is 9.19. The quantitative estimate of drug-likeness (QED) is 0.224. The number of amides is 1. The van der Waals surface area contributed by atoms with Gasteiger partial charge in [-0.15, -0.1) is 0 Å².